The van der Waals surface area contributed by atoms with E-state index in [-0.39, 0.29) is 6.54 Å². The van der Waals surface area contributed by atoms with Crippen LogP contribution in [0.3, 0.4) is 0 Å². The smallest absolute Gasteiger partial charge is 0.301 e. The summed E-state index contributed by atoms with van der Waals surface area (Å²) < 4.78 is 41.2. The van der Waals surface area contributed by atoms with Gasteiger partial charge in [-0.3, -0.25) is 4.79 Å². The van der Waals surface area contributed by atoms with Gasteiger partial charge in [0.15, 0.2) is 11.5 Å². The summed E-state index contributed by atoms with van der Waals surface area (Å²) in [5.41, 5.74) is 2.01. The molecule has 0 aliphatic rings. The van der Waals surface area contributed by atoms with Crippen LogP contribution in [-0.2, 0) is 23.7 Å². The molecule has 0 radical (unpaired) electrons. The highest BCUT2D eigenvalue weighted by Crippen LogP contribution is 2.27. The van der Waals surface area contributed by atoms with Crippen molar-refractivity contribution in [3.8, 4) is 11.5 Å². The van der Waals surface area contributed by atoms with Crippen molar-refractivity contribution in [2.45, 2.75) is 6.42 Å². The van der Waals surface area contributed by atoms with Crippen LogP contribution >= 0.6 is 0 Å². The molecule has 0 bridgehead atoms. The molecular formula is C20H23N3O5S. The Labute approximate surface area is 169 Å². The molecule has 1 amide bonds. The Hall–Kier alpha value is -3.04. The Balaban J connectivity index is 1.63. The van der Waals surface area contributed by atoms with Gasteiger partial charge in [0.2, 0.25) is 0 Å². The summed E-state index contributed by atoms with van der Waals surface area (Å²) in [7, 11) is 0.880. The summed E-state index contributed by atoms with van der Waals surface area (Å²) in [6.07, 6.45) is 2.03. The number of para-hydroxylation sites is 1. The quantitative estimate of drug-likeness (QED) is 0.584. The molecule has 0 saturated carbocycles. The van der Waals surface area contributed by atoms with Crippen molar-refractivity contribution in [1.82, 2.24) is 14.0 Å². The first-order valence-electron chi connectivity index (χ1n) is 8.91. The van der Waals surface area contributed by atoms with Gasteiger partial charge in [-0.05, 0) is 30.2 Å². The first-order valence-corrected chi connectivity index (χ1v) is 10.4. The number of carbonyl (C=O) groups excluding carboxylic acids is 1. The number of benzene rings is 2. The van der Waals surface area contributed by atoms with Crippen LogP contribution < -0.4 is 18.9 Å². The molecular weight excluding hydrogens is 394 g/mol. The number of fused-ring (bicyclic) bond motifs is 1. The van der Waals surface area contributed by atoms with Gasteiger partial charge in [-0.15, -0.1) is 0 Å². The van der Waals surface area contributed by atoms with Crippen LogP contribution in [0, 0.1) is 0 Å². The predicted molar refractivity (Wildman–Crippen MR) is 111 cm³/mol. The Morgan fingerprint density at radius 1 is 1.07 bits per heavy atom. The van der Waals surface area contributed by atoms with Crippen molar-refractivity contribution in [2.24, 2.45) is 7.05 Å². The van der Waals surface area contributed by atoms with Crippen molar-refractivity contribution < 1.29 is 22.7 Å². The lowest BCUT2D eigenvalue weighted by Crippen LogP contribution is -2.41. The van der Waals surface area contributed by atoms with E-state index in [2.05, 4.69) is 9.44 Å². The van der Waals surface area contributed by atoms with E-state index in [0.717, 1.165) is 11.1 Å². The fourth-order valence-electron chi connectivity index (χ4n) is 3.10. The molecule has 0 aliphatic heterocycles. The summed E-state index contributed by atoms with van der Waals surface area (Å²) in [6, 6.07) is 12.7. The molecule has 154 valence electrons. The zero-order valence-corrected chi connectivity index (χ0v) is 17.2. The number of carbonyl (C=O) groups is 1. The largest absolute Gasteiger partial charge is 0.493 e. The van der Waals surface area contributed by atoms with Gasteiger partial charge in [0.05, 0.1) is 19.8 Å². The topological polar surface area (TPSA) is 98.7 Å². The lowest BCUT2D eigenvalue weighted by molar-refractivity contribution is 0.0982. The number of nitrogens with zero attached hydrogens (tertiary/aromatic N) is 1. The Morgan fingerprint density at radius 3 is 2.52 bits per heavy atom. The zero-order valence-electron chi connectivity index (χ0n) is 16.4. The van der Waals surface area contributed by atoms with Crippen LogP contribution in [0.2, 0.25) is 0 Å². The fourth-order valence-corrected chi connectivity index (χ4v) is 3.90. The minimum atomic E-state index is -4.00. The van der Waals surface area contributed by atoms with Gasteiger partial charge in [0.25, 0.3) is 5.91 Å². The summed E-state index contributed by atoms with van der Waals surface area (Å²) in [5.74, 6) is 0.483. The third kappa shape index (κ3) is 4.69. The van der Waals surface area contributed by atoms with E-state index in [1.165, 1.54) is 7.11 Å². The number of aryl methyl sites for hydroxylation is 1. The number of methoxy groups -OCH3 is 2. The molecule has 0 atom stereocenters. The third-order valence-electron chi connectivity index (χ3n) is 4.52. The molecule has 0 saturated heterocycles. The van der Waals surface area contributed by atoms with Crippen molar-refractivity contribution in [3.05, 3.63) is 59.8 Å². The summed E-state index contributed by atoms with van der Waals surface area (Å²) in [6.45, 7) is 0.119. The number of nitrogens with one attached hydrogen (secondary N) is 2. The average Bonchev–Trinajstić information content (AvgIpc) is 3.04. The lowest BCUT2D eigenvalue weighted by Gasteiger charge is -2.11. The van der Waals surface area contributed by atoms with Crippen molar-refractivity contribution in [2.75, 3.05) is 20.8 Å². The predicted octanol–water partition coefficient (Wildman–Crippen LogP) is 2.00. The number of amides is 1. The summed E-state index contributed by atoms with van der Waals surface area (Å²) >= 11 is 0. The summed E-state index contributed by atoms with van der Waals surface area (Å²) in [4.78, 5) is 12.5. The molecule has 3 rings (SSSR count). The lowest BCUT2D eigenvalue weighted by atomic mass is 10.1. The molecule has 3 aromatic rings. The fraction of sp³-hybridized carbons (Fsp3) is 0.250. The minimum absolute atomic E-state index is 0.119. The highest BCUT2D eigenvalue weighted by Gasteiger charge is 2.19. The van der Waals surface area contributed by atoms with Gasteiger partial charge in [-0.25, -0.2) is 4.72 Å². The van der Waals surface area contributed by atoms with E-state index in [1.807, 2.05) is 18.2 Å². The molecule has 0 aliphatic carbocycles. The molecule has 2 N–H and O–H groups in total. The van der Waals surface area contributed by atoms with Crippen LogP contribution in [0.15, 0.2) is 48.7 Å². The highest BCUT2D eigenvalue weighted by atomic mass is 32.2. The van der Waals surface area contributed by atoms with Crippen LogP contribution in [0.25, 0.3) is 10.9 Å². The second kappa shape index (κ2) is 8.54. The first kappa shape index (κ1) is 20.7. The highest BCUT2D eigenvalue weighted by molar-refractivity contribution is 7.88. The molecule has 0 spiro atoms. The molecule has 9 heteroatoms. The maximum absolute atomic E-state index is 12.5. The molecule has 0 fully saturated rings. The molecule has 2 aromatic carbocycles. The van der Waals surface area contributed by atoms with Gasteiger partial charge >= 0.3 is 10.2 Å². The monoisotopic (exact) mass is 417 g/mol. The van der Waals surface area contributed by atoms with Crippen LogP contribution in [0.5, 0.6) is 11.5 Å². The second-order valence-electron chi connectivity index (χ2n) is 6.44. The average molecular weight is 417 g/mol. The van der Waals surface area contributed by atoms with Gasteiger partial charge in [-0.2, -0.15) is 13.1 Å². The van der Waals surface area contributed by atoms with Crippen molar-refractivity contribution >= 4 is 27.0 Å². The Morgan fingerprint density at radius 2 is 1.79 bits per heavy atom. The third-order valence-corrected chi connectivity index (χ3v) is 5.56. The number of ether oxygens (including phenoxy) is 2. The molecule has 1 heterocycles. The van der Waals surface area contributed by atoms with E-state index in [1.54, 1.807) is 49.2 Å². The van der Waals surface area contributed by atoms with E-state index in [0.29, 0.717) is 28.9 Å². The maximum Gasteiger partial charge on any atom is 0.301 e. The van der Waals surface area contributed by atoms with Crippen LogP contribution in [0.4, 0.5) is 0 Å². The first-order chi connectivity index (χ1) is 13.8. The molecule has 29 heavy (non-hydrogen) atoms. The van der Waals surface area contributed by atoms with E-state index in [9.17, 15) is 13.2 Å². The van der Waals surface area contributed by atoms with Gasteiger partial charge in [0.1, 0.15) is 0 Å². The van der Waals surface area contributed by atoms with Gasteiger partial charge < -0.3 is 14.0 Å². The van der Waals surface area contributed by atoms with E-state index < -0.39 is 16.1 Å². The maximum atomic E-state index is 12.5. The normalized spacial score (nSPS) is 11.4. The molecule has 1 aromatic heterocycles. The van der Waals surface area contributed by atoms with E-state index in [4.69, 9.17) is 9.47 Å². The molecule has 0 unspecified atom stereocenters. The summed E-state index contributed by atoms with van der Waals surface area (Å²) in [5, 5.41) is 0.688. The Bertz CT molecular complexity index is 1140. The Kier molecular flexibility index (Phi) is 6.09. The van der Waals surface area contributed by atoms with Crippen LogP contribution in [0.1, 0.15) is 15.9 Å². The van der Waals surface area contributed by atoms with Crippen molar-refractivity contribution in [1.29, 1.82) is 0 Å². The zero-order chi connectivity index (χ0) is 21.0. The second-order valence-corrected chi connectivity index (χ2v) is 7.94. The number of aromatic nitrogens is 1. The van der Waals surface area contributed by atoms with Gasteiger partial charge in [0, 0.05) is 30.7 Å². The number of hydrogen-bond acceptors (Lipinski definition) is 5. The van der Waals surface area contributed by atoms with Gasteiger partial charge in [-0.1, -0.05) is 24.3 Å². The van der Waals surface area contributed by atoms with Crippen molar-refractivity contribution in [3.63, 3.8) is 0 Å². The standard InChI is InChI=1S/C20H23N3O5S/c1-23-13-16(15-6-4-5-7-17(15)23)20(24)22-29(25,26)21-11-10-14-8-9-18(27-2)19(12-14)28-3/h4-9,12-13,21H,10-11H2,1-3H3,(H,22,24). The molecule has 8 nitrogen and oxygen atoms in total. The number of rotatable bonds is 8. The van der Waals surface area contributed by atoms with Crippen LogP contribution in [-0.4, -0.2) is 39.7 Å². The van der Waals surface area contributed by atoms with E-state index >= 15 is 0 Å². The SMILES string of the molecule is COc1ccc(CCNS(=O)(=O)NC(=O)c2cn(C)c3ccccc23)cc1OC. The number of hydrogen-bond donors (Lipinski definition) is 2. The minimum Gasteiger partial charge on any atom is -0.493 e.